The van der Waals surface area contributed by atoms with Crippen molar-refractivity contribution >= 4 is 27.7 Å². The molecule has 1 heterocycles. The number of carbonyl (C=O) groups is 2. The Morgan fingerprint density at radius 3 is 2.73 bits per heavy atom. The van der Waals surface area contributed by atoms with E-state index in [4.69, 9.17) is 4.74 Å². The summed E-state index contributed by atoms with van der Waals surface area (Å²) in [6.45, 7) is 1.04. The van der Waals surface area contributed by atoms with Gasteiger partial charge in [0.1, 0.15) is 11.9 Å². The molecule has 0 radical (unpaired) electrons. The Morgan fingerprint density at radius 2 is 2.05 bits per heavy atom. The Hall–Kier alpha value is -2.42. The van der Waals surface area contributed by atoms with E-state index in [0.29, 0.717) is 5.56 Å². The number of nitrogens with one attached hydrogen (secondary N) is 2. The number of carbonyl (C=O) groups excluding carboxylic acids is 2. The summed E-state index contributed by atoms with van der Waals surface area (Å²) in [5, 5.41) is 2.31. The maximum Gasteiger partial charge on any atom is 0.331 e. The van der Waals surface area contributed by atoms with E-state index in [1.54, 1.807) is 18.2 Å². The first kappa shape index (κ1) is 16.0. The van der Waals surface area contributed by atoms with Gasteiger partial charge in [-0.3, -0.25) is 14.5 Å². The third kappa shape index (κ3) is 3.25. The maximum absolute atomic E-state index is 11.9. The van der Waals surface area contributed by atoms with E-state index < -0.39 is 34.5 Å². The van der Waals surface area contributed by atoms with Gasteiger partial charge in [-0.05, 0) is 19.1 Å². The van der Waals surface area contributed by atoms with Crippen molar-refractivity contribution in [2.45, 2.75) is 17.9 Å². The highest BCUT2D eigenvalue weighted by Crippen LogP contribution is 2.22. The number of benzene rings is 1. The van der Waals surface area contributed by atoms with Crippen molar-refractivity contribution < 1.29 is 22.7 Å². The normalized spacial score (nSPS) is 18.2. The predicted molar refractivity (Wildman–Crippen MR) is 77.8 cm³/mol. The monoisotopic (exact) mass is 325 g/mol. The van der Waals surface area contributed by atoms with E-state index in [1.807, 2.05) is 0 Å². The lowest BCUT2D eigenvalue weighted by atomic mass is 10.2. The number of hydrogen-bond donors (Lipinski definition) is 2. The number of likely N-dealkylation sites (N-methyl/N-ethyl adjacent to an activating group) is 1. The zero-order chi connectivity index (χ0) is 16.3. The van der Waals surface area contributed by atoms with Crippen molar-refractivity contribution in [3.05, 3.63) is 29.8 Å². The average Bonchev–Trinajstić information content (AvgIpc) is 2.75. The highest BCUT2D eigenvalue weighted by Gasteiger charge is 2.31. The number of rotatable bonds is 4. The topological polar surface area (TPSA) is 114 Å². The van der Waals surface area contributed by atoms with Crippen LogP contribution in [0, 0.1) is 0 Å². The van der Waals surface area contributed by atoms with Crippen molar-refractivity contribution in [1.29, 1.82) is 0 Å². The summed E-state index contributed by atoms with van der Waals surface area (Å²) >= 11 is 0. The van der Waals surface area contributed by atoms with Crippen LogP contribution < -0.4 is 10.0 Å². The Morgan fingerprint density at radius 1 is 1.36 bits per heavy atom. The van der Waals surface area contributed by atoms with E-state index in [0.717, 1.165) is 0 Å². The number of fused-ring (bicyclic) bond motifs is 1. The summed E-state index contributed by atoms with van der Waals surface area (Å²) in [6.07, 6.45) is 0. The largest absolute Gasteiger partial charge is 0.454 e. The molecule has 0 fully saturated rings. The molecule has 0 unspecified atom stereocenters. The van der Waals surface area contributed by atoms with Gasteiger partial charge in [-0.15, -0.1) is 0 Å². The van der Waals surface area contributed by atoms with Crippen molar-refractivity contribution in [3.8, 4) is 0 Å². The van der Waals surface area contributed by atoms with E-state index in [2.05, 4.69) is 15.0 Å². The minimum atomic E-state index is -3.65. The smallest absolute Gasteiger partial charge is 0.331 e. The first-order chi connectivity index (χ1) is 10.3. The van der Waals surface area contributed by atoms with Gasteiger partial charge >= 0.3 is 5.97 Å². The number of hydrogen-bond acceptors (Lipinski definition) is 6. The van der Waals surface area contributed by atoms with Gasteiger partial charge < -0.3 is 10.1 Å². The zero-order valence-electron chi connectivity index (χ0n) is 12.0. The lowest BCUT2D eigenvalue weighted by Gasteiger charge is -2.08. The molecule has 22 heavy (non-hydrogen) atoms. The van der Waals surface area contributed by atoms with E-state index >= 15 is 0 Å². The van der Waals surface area contributed by atoms with Crippen LogP contribution in [0.1, 0.15) is 12.5 Å². The van der Waals surface area contributed by atoms with Gasteiger partial charge in [0.2, 0.25) is 0 Å². The Balaban J connectivity index is 2.17. The number of nitrogens with zero attached hydrogens (tertiary/aromatic N) is 1. The fourth-order valence-corrected chi connectivity index (χ4v) is 3.04. The predicted octanol–water partition coefficient (Wildman–Crippen LogP) is -0.597. The quantitative estimate of drug-likeness (QED) is 0.718. The molecule has 1 atom stereocenters. The van der Waals surface area contributed by atoms with Crippen LogP contribution in [0.4, 0.5) is 0 Å². The molecule has 1 amide bonds. The molecule has 1 aliphatic rings. The fourth-order valence-electron chi connectivity index (χ4n) is 1.81. The molecule has 1 aromatic carbocycles. The highest BCUT2D eigenvalue weighted by molar-refractivity contribution is 7.90. The third-order valence-electron chi connectivity index (χ3n) is 2.95. The van der Waals surface area contributed by atoms with Gasteiger partial charge in [-0.2, -0.15) is 0 Å². The van der Waals surface area contributed by atoms with Crippen LogP contribution in [-0.2, 0) is 24.3 Å². The second-order valence-electron chi connectivity index (χ2n) is 4.54. The first-order valence-electron chi connectivity index (χ1n) is 6.42. The molecular formula is C13H15N3O5S. The second-order valence-corrected chi connectivity index (χ2v) is 6.19. The number of sulfonamides is 1. The summed E-state index contributed by atoms with van der Waals surface area (Å²) in [6, 6.07) is 5.37. The molecule has 1 aliphatic heterocycles. The molecule has 0 bridgehead atoms. The SMILES string of the molecule is CNC(=O)COC(=O)[C@H](C)N=C1NS(=O)(=O)c2ccccc21. The first-order valence-corrected chi connectivity index (χ1v) is 7.90. The highest BCUT2D eigenvalue weighted by atomic mass is 32.2. The number of aliphatic imine (C=N–C) groups is 1. The van der Waals surface area contributed by atoms with Crippen LogP contribution in [0.25, 0.3) is 0 Å². The molecule has 1 aromatic rings. The summed E-state index contributed by atoms with van der Waals surface area (Å²) in [5.74, 6) is -1.08. The number of amides is 1. The van der Waals surface area contributed by atoms with Gasteiger partial charge in [0.25, 0.3) is 15.9 Å². The Kier molecular flexibility index (Phi) is 4.45. The lowest BCUT2D eigenvalue weighted by molar-refractivity contribution is -0.149. The summed E-state index contributed by atoms with van der Waals surface area (Å²) in [7, 11) is -2.23. The number of esters is 1. The molecule has 0 spiro atoms. The Labute approximate surface area is 127 Å². The van der Waals surface area contributed by atoms with Crippen molar-refractivity contribution in [3.63, 3.8) is 0 Å². The van der Waals surface area contributed by atoms with Gasteiger partial charge in [-0.1, -0.05) is 12.1 Å². The Bertz CT molecular complexity index is 742. The van der Waals surface area contributed by atoms with Crippen molar-refractivity contribution in [2.75, 3.05) is 13.7 Å². The molecular weight excluding hydrogens is 310 g/mol. The van der Waals surface area contributed by atoms with Gasteiger partial charge in [0.15, 0.2) is 6.61 Å². The van der Waals surface area contributed by atoms with Crippen LogP contribution in [-0.4, -0.2) is 45.8 Å². The standard InChI is InChI=1S/C13H15N3O5S/c1-8(13(18)21-7-11(17)14-2)15-12-9-5-3-4-6-10(9)22(19,20)16-12/h3-6,8H,7H2,1-2H3,(H,14,17)(H,15,16)/t8-/m0/s1. The van der Waals surface area contributed by atoms with Crippen LogP contribution in [0.5, 0.6) is 0 Å². The molecule has 0 saturated carbocycles. The fraction of sp³-hybridized carbons (Fsp3) is 0.308. The van der Waals surface area contributed by atoms with Gasteiger partial charge in [0, 0.05) is 12.6 Å². The van der Waals surface area contributed by atoms with Gasteiger partial charge in [-0.25, -0.2) is 13.2 Å². The molecule has 0 aliphatic carbocycles. The van der Waals surface area contributed by atoms with Gasteiger partial charge in [0.05, 0.1) is 4.90 Å². The maximum atomic E-state index is 11.9. The summed E-state index contributed by atoms with van der Waals surface area (Å²) in [5.41, 5.74) is 0.397. The number of ether oxygens (including phenoxy) is 1. The van der Waals surface area contributed by atoms with Crippen LogP contribution in [0.2, 0.25) is 0 Å². The minimum absolute atomic E-state index is 0.0833. The molecule has 0 aromatic heterocycles. The van der Waals surface area contributed by atoms with E-state index in [-0.39, 0.29) is 10.7 Å². The van der Waals surface area contributed by atoms with Crippen LogP contribution in [0.3, 0.4) is 0 Å². The molecule has 118 valence electrons. The zero-order valence-corrected chi connectivity index (χ0v) is 12.8. The molecule has 9 heteroatoms. The average molecular weight is 325 g/mol. The molecule has 2 N–H and O–H groups in total. The third-order valence-corrected chi connectivity index (χ3v) is 4.35. The van der Waals surface area contributed by atoms with E-state index in [9.17, 15) is 18.0 Å². The van der Waals surface area contributed by atoms with Crippen LogP contribution >= 0.6 is 0 Å². The molecule has 0 saturated heterocycles. The summed E-state index contributed by atoms with van der Waals surface area (Å²) in [4.78, 5) is 26.9. The van der Waals surface area contributed by atoms with Crippen LogP contribution in [0.15, 0.2) is 34.2 Å². The lowest BCUT2D eigenvalue weighted by Crippen LogP contribution is -2.30. The minimum Gasteiger partial charge on any atom is -0.454 e. The molecule has 8 nitrogen and oxygen atoms in total. The molecule has 2 rings (SSSR count). The van der Waals surface area contributed by atoms with Crippen molar-refractivity contribution in [2.24, 2.45) is 4.99 Å². The number of amidine groups is 1. The van der Waals surface area contributed by atoms with E-state index in [1.165, 1.54) is 20.0 Å². The van der Waals surface area contributed by atoms with Crippen molar-refractivity contribution in [1.82, 2.24) is 10.0 Å². The second kappa shape index (κ2) is 6.14. The summed E-state index contributed by atoms with van der Waals surface area (Å²) < 4.78 is 30.9.